The molecular weight excluding hydrogens is 246 g/mol. The number of aryl methyl sites for hydroxylation is 1. The predicted octanol–water partition coefficient (Wildman–Crippen LogP) is 4.21. The molecule has 3 rings (SSSR count). The smallest absolute Gasteiger partial charge is 0.150 e. The Bertz CT molecular complexity index is 706. The lowest BCUT2D eigenvalue weighted by Crippen LogP contribution is -1.98. The van der Waals surface area contributed by atoms with Crippen LogP contribution in [-0.4, -0.2) is 9.97 Å². The van der Waals surface area contributed by atoms with Crippen molar-refractivity contribution in [1.29, 1.82) is 0 Å². The number of hydrogen-bond acceptors (Lipinski definition) is 3. The molecule has 3 heteroatoms. The van der Waals surface area contributed by atoms with Crippen molar-refractivity contribution in [2.24, 2.45) is 0 Å². The molecule has 1 aromatic heterocycles. The van der Waals surface area contributed by atoms with E-state index in [4.69, 9.17) is 5.73 Å². The number of nitrogens with zero attached hydrogens (tertiary/aromatic N) is 2. The van der Waals surface area contributed by atoms with Crippen LogP contribution >= 0.6 is 0 Å². The molecule has 1 heterocycles. The Morgan fingerprint density at radius 2 is 1.55 bits per heavy atom. The fourth-order valence-corrected chi connectivity index (χ4v) is 1.99. The van der Waals surface area contributed by atoms with Crippen molar-refractivity contribution in [3.8, 4) is 11.3 Å². The fraction of sp³-hybridized carbons (Fsp3) is 0.176. The largest absolute Gasteiger partial charge is 0.382 e. The highest BCUT2D eigenvalue weighted by Gasteiger charge is 2.07. The number of fused-ring (bicyclic) bond motifs is 1. The molecule has 20 heavy (non-hydrogen) atoms. The first-order valence-corrected chi connectivity index (χ1v) is 6.83. The summed E-state index contributed by atoms with van der Waals surface area (Å²) in [6.07, 6.45) is 0. The summed E-state index contributed by atoms with van der Waals surface area (Å²) in [7, 11) is 0. The van der Waals surface area contributed by atoms with Crippen molar-refractivity contribution in [3.63, 3.8) is 0 Å². The maximum atomic E-state index is 5.98. The number of nitrogens with two attached hydrogens (primary N) is 1. The van der Waals surface area contributed by atoms with E-state index in [1.165, 1.54) is 5.56 Å². The monoisotopic (exact) mass is 265 g/mol. The third-order valence-corrected chi connectivity index (χ3v) is 2.89. The van der Waals surface area contributed by atoms with E-state index in [-0.39, 0.29) is 0 Å². The molecule has 0 amide bonds. The summed E-state index contributed by atoms with van der Waals surface area (Å²) in [5.41, 5.74) is 10.6. The van der Waals surface area contributed by atoms with Gasteiger partial charge in [0.05, 0.1) is 11.0 Å². The summed E-state index contributed by atoms with van der Waals surface area (Å²) in [6.45, 7) is 6.04. The van der Waals surface area contributed by atoms with E-state index in [9.17, 15) is 0 Å². The van der Waals surface area contributed by atoms with Crippen molar-refractivity contribution in [1.82, 2.24) is 9.97 Å². The van der Waals surface area contributed by atoms with E-state index in [0.717, 1.165) is 22.3 Å². The molecule has 0 bridgehead atoms. The van der Waals surface area contributed by atoms with Crippen molar-refractivity contribution in [2.45, 2.75) is 20.8 Å². The van der Waals surface area contributed by atoms with E-state index in [1.54, 1.807) is 0 Å². The molecule has 0 aliphatic rings. The lowest BCUT2D eigenvalue weighted by Gasteiger charge is -2.06. The Balaban J connectivity index is 0.000000704. The molecule has 0 atom stereocenters. The van der Waals surface area contributed by atoms with Gasteiger partial charge in [0.2, 0.25) is 0 Å². The van der Waals surface area contributed by atoms with Gasteiger partial charge in [-0.1, -0.05) is 50.2 Å². The van der Waals surface area contributed by atoms with E-state index < -0.39 is 0 Å². The molecule has 2 aromatic carbocycles. The Labute approximate surface area is 119 Å². The lowest BCUT2D eigenvalue weighted by molar-refractivity contribution is 1.29. The molecule has 0 spiro atoms. The molecule has 3 nitrogen and oxygen atoms in total. The Kier molecular flexibility index (Phi) is 4.31. The van der Waals surface area contributed by atoms with E-state index in [1.807, 2.05) is 69.3 Å². The van der Waals surface area contributed by atoms with Gasteiger partial charge >= 0.3 is 0 Å². The highest BCUT2D eigenvalue weighted by atomic mass is 14.9. The van der Waals surface area contributed by atoms with Gasteiger partial charge in [-0.25, -0.2) is 9.97 Å². The summed E-state index contributed by atoms with van der Waals surface area (Å²) < 4.78 is 0. The van der Waals surface area contributed by atoms with Crippen LogP contribution in [-0.2, 0) is 0 Å². The topological polar surface area (TPSA) is 51.8 Å². The maximum Gasteiger partial charge on any atom is 0.150 e. The second-order valence-corrected chi connectivity index (χ2v) is 4.32. The molecule has 2 N–H and O–H groups in total. The average Bonchev–Trinajstić information content (AvgIpc) is 2.50. The van der Waals surface area contributed by atoms with E-state index >= 15 is 0 Å². The zero-order chi connectivity index (χ0) is 14.5. The first-order valence-electron chi connectivity index (χ1n) is 6.83. The zero-order valence-electron chi connectivity index (χ0n) is 12.1. The third-order valence-electron chi connectivity index (χ3n) is 2.89. The van der Waals surface area contributed by atoms with Gasteiger partial charge in [-0.15, -0.1) is 0 Å². The van der Waals surface area contributed by atoms with Gasteiger partial charge in [-0.2, -0.15) is 0 Å². The summed E-state index contributed by atoms with van der Waals surface area (Å²) >= 11 is 0. The number of benzene rings is 2. The molecule has 0 fully saturated rings. The number of anilines is 1. The number of aromatic nitrogens is 2. The van der Waals surface area contributed by atoms with E-state index in [2.05, 4.69) is 9.97 Å². The molecule has 0 saturated carbocycles. The maximum absolute atomic E-state index is 5.98. The number of nitrogen functional groups attached to an aromatic ring is 1. The molecule has 0 aliphatic carbocycles. The minimum absolute atomic E-state index is 0.470. The molecule has 0 saturated heterocycles. The van der Waals surface area contributed by atoms with Crippen LogP contribution in [0.4, 0.5) is 5.82 Å². The van der Waals surface area contributed by atoms with E-state index in [0.29, 0.717) is 5.82 Å². The third kappa shape index (κ3) is 2.77. The summed E-state index contributed by atoms with van der Waals surface area (Å²) in [5, 5.41) is 0. The Morgan fingerprint density at radius 3 is 2.25 bits per heavy atom. The molecule has 0 radical (unpaired) electrons. The number of hydrogen-bond donors (Lipinski definition) is 1. The highest BCUT2D eigenvalue weighted by Crippen LogP contribution is 2.24. The standard InChI is InChI=1S/C15H13N3.C2H6/c1-10-7-8-12-13(9-10)17-14(15(16)18-12)11-5-3-2-4-6-11;1-2/h2-9H,1H3,(H2,16,18);1-2H3. The van der Waals surface area contributed by atoms with Crippen LogP contribution in [0, 0.1) is 6.92 Å². The van der Waals surface area contributed by atoms with Crippen LogP contribution in [0.2, 0.25) is 0 Å². The summed E-state index contributed by atoms with van der Waals surface area (Å²) in [6, 6.07) is 15.9. The zero-order valence-corrected chi connectivity index (χ0v) is 12.1. The van der Waals surface area contributed by atoms with Crippen LogP contribution in [0.15, 0.2) is 48.5 Å². The van der Waals surface area contributed by atoms with Crippen LogP contribution in [0.25, 0.3) is 22.3 Å². The lowest BCUT2D eigenvalue weighted by atomic mass is 10.1. The minimum Gasteiger partial charge on any atom is -0.382 e. The van der Waals surface area contributed by atoms with Gasteiger partial charge in [0, 0.05) is 5.56 Å². The van der Waals surface area contributed by atoms with Gasteiger partial charge in [0.1, 0.15) is 5.69 Å². The predicted molar refractivity (Wildman–Crippen MR) is 85.5 cm³/mol. The minimum atomic E-state index is 0.470. The summed E-state index contributed by atoms with van der Waals surface area (Å²) in [4.78, 5) is 9.03. The summed E-state index contributed by atoms with van der Waals surface area (Å²) in [5.74, 6) is 0.470. The Morgan fingerprint density at radius 1 is 0.850 bits per heavy atom. The van der Waals surface area contributed by atoms with Crippen molar-refractivity contribution in [3.05, 3.63) is 54.1 Å². The quantitative estimate of drug-likeness (QED) is 0.717. The molecule has 102 valence electrons. The van der Waals surface area contributed by atoms with Crippen LogP contribution in [0.5, 0.6) is 0 Å². The van der Waals surface area contributed by atoms with Gasteiger partial charge < -0.3 is 5.73 Å². The van der Waals surface area contributed by atoms with Crippen molar-refractivity contribution in [2.75, 3.05) is 5.73 Å². The SMILES string of the molecule is CC.Cc1ccc2nc(N)c(-c3ccccc3)nc2c1. The molecule has 0 aliphatic heterocycles. The highest BCUT2D eigenvalue weighted by molar-refractivity contribution is 5.82. The first kappa shape index (κ1) is 14.0. The molecular formula is C17H19N3. The van der Waals surface area contributed by atoms with Crippen molar-refractivity contribution >= 4 is 16.9 Å². The van der Waals surface area contributed by atoms with Crippen LogP contribution in [0.3, 0.4) is 0 Å². The normalized spacial score (nSPS) is 9.95. The van der Waals surface area contributed by atoms with Gasteiger partial charge in [0.15, 0.2) is 5.82 Å². The fourth-order valence-electron chi connectivity index (χ4n) is 1.99. The second kappa shape index (κ2) is 6.15. The van der Waals surface area contributed by atoms with Crippen molar-refractivity contribution < 1.29 is 0 Å². The number of rotatable bonds is 1. The molecule has 3 aromatic rings. The van der Waals surface area contributed by atoms with Gasteiger partial charge in [0.25, 0.3) is 0 Å². The Hall–Kier alpha value is -2.42. The first-order chi connectivity index (χ1) is 9.74. The van der Waals surface area contributed by atoms with Crippen LogP contribution in [0.1, 0.15) is 19.4 Å². The van der Waals surface area contributed by atoms with Gasteiger partial charge in [-0.3, -0.25) is 0 Å². The average molecular weight is 265 g/mol. The van der Waals surface area contributed by atoms with Gasteiger partial charge in [-0.05, 0) is 24.6 Å². The second-order valence-electron chi connectivity index (χ2n) is 4.32. The van der Waals surface area contributed by atoms with Crippen LogP contribution < -0.4 is 5.73 Å². The molecule has 0 unspecified atom stereocenters.